The first-order valence-electron chi connectivity index (χ1n) is 10.4. The summed E-state index contributed by atoms with van der Waals surface area (Å²) in [4.78, 5) is 23.1. The standard InChI is InChI=1S/C23H22F10O4/c1-11(2)15(34)36-13-7-9-18(24,22(30,31)20(13,26)27)17(5,6)19(25)10-8-14(37-16(35)12(3)4)21(28,29)23(19,32)33/h7-10,13-14H,1,3H2,2,4-6H3. The Morgan fingerprint density at radius 3 is 1.19 bits per heavy atom. The maximum atomic E-state index is 15.9. The number of hydrogen-bond acceptors (Lipinski definition) is 4. The monoisotopic (exact) mass is 552 g/mol. The summed E-state index contributed by atoms with van der Waals surface area (Å²) in [7, 11) is 0. The molecule has 37 heavy (non-hydrogen) atoms. The third-order valence-corrected chi connectivity index (χ3v) is 6.45. The van der Waals surface area contributed by atoms with Crippen LogP contribution in [-0.2, 0) is 19.1 Å². The van der Waals surface area contributed by atoms with Gasteiger partial charge >= 0.3 is 35.6 Å². The third-order valence-electron chi connectivity index (χ3n) is 6.45. The Balaban J connectivity index is 2.69. The van der Waals surface area contributed by atoms with Crippen LogP contribution >= 0.6 is 0 Å². The lowest BCUT2D eigenvalue weighted by atomic mass is 9.56. The second-order valence-corrected chi connectivity index (χ2v) is 9.37. The van der Waals surface area contributed by atoms with Gasteiger partial charge < -0.3 is 9.47 Å². The van der Waals surface area contributed by atoms with Gasteiger partial charge in [0.15, 0.2) is 12.2 Å². The summed E-state index contributed by atoms with van der Waals surface area (Å²) < 4.78 is 159. The van der Waals surface area contributed by atoms with Crippen molar-refractivity contribution in [2.45, 2.75) is 74.9 Å². The molecule has 4 nitrogen and oxygen atoms in total. The van der Waals surface area contributed by atoms with Crippen molar-refractivity contribution >= 4 is 11.9 Å². The predicted molar refractivity (Wildman–Crippen MR) is 109 cm³/mol. The fourth-order valence-electron chi connectivity index (χ4n) is 3.86. The minimum Gasteiger partial charge on any atom is -0.448 e. The number of hydrogen-bond donors (Lipinski definition) is 0. The van der Waals surface area contributed by atoms with Crippen molar-refractivity contribution in [3.8, 4) is 0 Å². The average Bonchev–Trinajstić information content (AvgIpc) is 2.75. The number of esters is 2. The second kappa shape index (κ2) is 8.62. The fraction of sp³-hybridized carbons (Fsp3) is 0.565. The van der Waals surface area contributed by atoms with E-state index in [1.165, 1.54) is 0 Å². The molecular formula is C23H22F10O4. The maximum absolute atomic E-state index is 15.9. The molecule has 0 aromatic carbocycles. The third kappa shape index (κ3) is 3.89. The summed E-state index contributed by atoms with van der Waals surface area (Å²) in [5.41, 5.74) is -15.2. The van der Waals surface area contributed by atoms with Crippen molar-refractivity contribution in [1.82, 2.24) is 0 Å². The summed E-state index contributed by atoms with van der Waals surface area (Å²) in [5, 5.41) is 0. The smallest absolute Gasteiger partial charge is 0.353 e. The molecule has 0 aromatic heterocycles. The van der Waals surface area contributed by atoms with Crippen LogP contribution in [0.3, 0.4) is 0 Å². The highest BCUT2D eigenvalue weighted by Gasteiger charge is 2.86. The molecule has 0 radical (unpaired) electrons. The highest BCUT2D eigenvalue weighted by molar-refractivity contribution is 5.87. The van der Waals surface area contributed by atoms with Crippen LogP contribution in [0, 0.1) is 5.41 Å². The number of carbonyl (C=O) groups excluding carboxylic acids is 2. The molecule has 0 saturated heterocycles. The van der Waals surface area contributed by atoms with E-state index in [0.717, 1.165) is 13.8 Å². The van der Waals surface area contributed by atoms with Crippen LogP contribution in [0.25, 0.3) is 0 Å². The van der Waals surface area contributed by atoms with Crippen molar-refractivity contribution in [2.75, 3.05) is 0 Å². The molecule has 2 rings (SSSR count). The summed E-state index contributed by atoms with van der Waals surface area (Å²) >= 11 is 0. The van der Waals surface area contributed by atoms with Gasteiger partial charge in [0.2, 0.25) is 11.3 Å². The molecule has 0 amide bonds. The molecule has 0 N–H and O–H groups in total. The number of carbonyl (C=O) groups is 2. The molecule has 2 aliphatic carbocycles. The van der Waals surface area contributed by atoms with Crippen molar-refractivity contribution in [1.29, 1.82) is 0 Å². The van der Waals surface area contributed by atoms with Gasteiger partial charge in [-0.2, -0.15) is 35.1 Å². The molecule has 4 atom stereocenters. The van der Waals surface area contributed by atoms with E-state index in [1.54, 1.807) is 0 Å². The van der Waals surface area contributed by atoms with Crippen LogP contribution in [0.4, 0.5) is 43.9 Å². The van der Waals surface area contributed by atoms with Gasteiger partial charge in [-0.05, 0) is 38.2 Å². The van der Waals surface area contributed by atoms with Crippen LogP contribution < -0.4 is 0 Å². The number of alkyl halides is 10. The van der Waals surface area contributed by atoms with Gasteiger partial charge in [-0.15, -0.1) is 0 Å². The Morgan fingerprint density at radius 2 is 0.946 bits per heavy atom. The van der Waals surface area contributed by atoms with Gasteiger partial charge in [-0.1, -0.05) is 27.0 Å². The summed E-state index contributed by atoms with van der Waals surface area (Å²) in [5.74, 6) is -26.7. The quantitative estimate of drug-likeness (QED) is 0.173. The Bertz CT molecular complexity index is 995. The minimum absolute atomic E-state index is 0.0177. The van der Waals surface area contributed by atoms with Gasteiger partial charge in [0, 0.05) is 11.1 Å². The largest absolute Gasteiger partial charge is 0.448 e. The van der Waals surface area contributed by atoms with E-state index >= 15 is 26.3 Å². The lowest BCUT2D eigenvalue weighted by Gasteiger charge is -2.56. The zero-order valence-corrected chi connectivity index (χ0v) is 19.8. The lowest BCUT2D eigenvalue weighted by Crippen LogP contribution is -2.76. The Labute approximate surface area is 204 Å². The fourth-order valence-corrected chi connectivity index (χ4v) is 3.86. The Hall–Kier alpha value is -2.80. The van der Waals surface area contributed by atoms with Gasteiger partial charge in [0.05, 0.1) is 5.41 Å². The van der Waals surface area contributed by atoms with Crippen LogP contribution in [0.15, 0.2) is 48.6 Å². The van der Waals surface area contributed by atoms with Crippen molar-refractivity contribution in [2.24, 2.45) is 5.41 Å². The van der Waals surface area contributed by atoms with Crippen LogP contribution in [0.1, 0.15) is 27.7 Å². The molecular weight excluding hydrogens is 530 g/mol. The van der Waals surface area contributed by atoms with E-state index in [0.29, 0.717) is 0 Å². The molecule has 0 aromatic rings. The minimum atomic E-state index is -6.08. The van der Waals surface area contributed by atoms with Crippen LogP contribution in [-0.4, -0.2) is 59.2 Å². The molecule has 0 heterocycles. The van der Waals surface area contributed by atoms with Crippen LogP contribution in [0.2, 0.25) is 0 Å². The molecule has 4 unspecified atom stereocenters. The average molecular weight is 552 g/mol. The Kier molecular flexibility index (Phi) is 7.09. The number of allylic oxidation sites excluding steroid dienone is 2. The molecule has 0 spiro atoms. The highest BCUT2D eigenvalue weighted by Crippen LogP contribution is 2.66. The zero-order valence-electron chi connectivity index (χ0n) is 19.8. The van der Waals surface area contributed by atoms with Crippen molar-refractivity contribution in [3.63, 3.8) is 0 Å². The first-order chi connectivity index (χ1) is 16.4. The first-order valence-corrected chi connectivity index (χ1v) is 10.4. The number of ether oxygens (including phenoxy) is 2. The molecule has 0 saturated carbocycles. The van der Waals surface area contributed by atoms with E-state index in [9.17, 15) is 27.2 Å². The van der Waals surface area contributed by atoms with Gasteiger partial charge in [0.25, 0.3) is 0 Å². The summed E-state index contributed by atoms with van der Waals surface area (Å²) in [6, 6.07) is 0. The number of rotatable bonds is 6. The van der Waals surface area contributed by atoms with Gasteiger partial charge in [-0.25, -0.2) is 18.4 Å². The summed E-state index contributed by atoms with van der Waals surface area (Å²) in [6.07, 6.45) is -7.39. The topological polar surface area (TPSA) is 52.6 Å². The number of halogens is 10. The SMILES string of the molecule is C=C(C)C(=O)OC1C=CC(F)(C(C)(C)C2(F)C=CC(OC(=O)C(=C)C)C(F)(F)C2(F)F)C(F)(F)C1(F)F. The molecule has 14 heteroatoms. The first kappa shape index (κ1) is 30.4. The molecule has 0 fully saturated rings. The van der Waals surface area contributed by atoms with E-state index < -0.39 is 87.9 Å². The molecule has 0 aliphatic heterocycles. The molecule has 208 valence electrons. The second-order valence-electron chi connectivity index (χ2n) is 9.37. The maximum Gasteiger partial charge on any atom is 0.353 e. The van der Waals surface area contributed by atoms with Gasteiger partial charge in [0.1, 0.15) is 0 Å². The van der Waals surface area contributed by atoms with Gasteiger partial charge in [-0.3, -0.25) is 0 Å². The zero-order chi connectivity index (χ0) is 29.2. The molecule has 2 aliphatic rings. The van der Waals surface area contributed by atoms with Crippen molar-refractivity contribution in [3.05, 3.63) is 48.6 Å². The van der Waals surface area contributed by atoms with Crippen LogP contribution in [0.5, 0.6) is 0 Å². The predicted octanol–water partition coefficient (Wildman–Crippen LogP) is 6.09. The van der Waals surface area contributed by atoms with E-state index in [-0.39, 0.29) is 26.0 Å². The van der Waals surface area contributed by atoms with E-state index in [4.69, 9.17) is 0 Å². The normalized spacial score (nSPS) is 33.4. The van der Waals surface area contributed by atoms with E-state index in [1.807, 2.05) is 0 Å². The van der Waals surface area contributed by atoms with Crippen molar-refractivity contribution < 1.29 is 63.0 Å². The lowest BCUT2D eigenvalue weighted by molar-refractivity contribution is -0.352. The van der Waals surface area contributed by atoms with E-state index in [2.05, 4.69) is 22.6 Å². The Morgan fingerprint density at radius 1 is 0.676 bits per heavy atom. The molecule has 0 bridgehead atoms. The highest BCUT2D eigenvalue weighted by atomic mass is 19.3. The summed E-state index contributed by atoms with van der Waals surface area (Å²) in [6.45, 7) is 8.01.